The minimum absolute atomic E-state index is 0.0424. The SMILES string of the molecule is O=C(Nc1cccc2cn[nH]c12)[C@@H]1CC(=O)N(CCc2ccccc2)C1. The Morgan fingerprint density at radius 2 is 2.04 bits per heavy atom. The molecule has 0 spiro atoms. The van der Waals surface area contributed by atoms with Crippen molar-refractivity contribution in [1.29, 1.82) is 0 Å². The summed E-state index contributed by atoms with van der Waals surface area (Å²) < 4.78 is 0. The Bertz CT molecular complexity index is 935. The van der Waals surface area contributed by atoms with Crippen molar-refractivity contribution in [3.8, 4) is 0 Å². The van der Waals surface area contributed by atoms with Crippen LogP contribution in [0.25, 0.3) is 10.9 Å². The summed E-state index contributed by atoms with van der Waals surface area (Å²) in [6.07, 6.45) is 2.78. The first-order valence-electron chi connectivity index (χ1n) is 8.75. The van der Waals surface area contributed by atoms with Crippen LogP contribution in [0.3, 0.4) is 0 Å². The van der Waals surface area contributed by atoms with E-state index in [4.69, 9.17) is 0 Å². The van der Waals surface area contributed by atoms with Gasteiger partial charge in [0.05, 0.1) is 23.3 Å². The lowest BCUT2D eigenvalue weighted by Gasteiger charge is -2.16. The van der Waals surface area contributed by atoms with Gasteiger partial charge in [0.2, 0.25) is 11.8 Å². The Morgan fingerprint density at radius 1 is 1.19 bits per heavy atom. The lowest BCUT2D eigenvalue weighted by atomic mass is 10.1. The second-order valence-electron chi connectivity index (χ2n) is 6.61. The van der Waals surface area contributed by atoms with Crippen LogP contribution in [0.4, 0.5) is 5.69 Å². The Hall–Kier alpha value is -3.15. The molecule has 1 fully saturated rings. The number of nitrogens with one attached hydrogen (secondary N) is 2. The number of fused-ring (bicyclic) bond motifs is 1. The van der Waals surface area contributed by atoms with E-state index in [1.807, 2.05) is 36.4 Å². The summed E-state index contributed by atoms with van der Waals surface area (Å²) in [5.74, 6) is -0.403. The number of aromatic amines is 1. The van der Waals surface area contributed by atoms with Crippen LogP contribution >= 0.6 is 0 Å². The van der Waals surface area contributed by atoms with Gasteiger partial charge in [0.1, 0.15) is 0 Å². The second kappa shape index (κ2) is 7.00. The van der Waals surface area contributed by atoms with Crippen LogP contribution in [0.15, 0.2) is 54.7 Å². The first kappa shape index (κ1) is 16.3. The highest BCUT2D eigenvalue weighted by Crippen LogP contribution is 2.24. The van der Waals surface area contributed by atoms with Crippen molar-refractivity contribution in [2.75, 3.05) is 18.4 Å². The van der Waals surface area contributed by atoms with Crippen LogP contribution in [-0.2, 0) is 16.0 Å². The number of benzene rings is 2. The predicted octanol–water partition coefficient (Wildman–Crippen LogP) is 2.59. The number of nitrogens with zero attached hydrogens (tertiary/aromatic N) is 2. The summed E-state index contributed by atoms with van der Waals surface area (Å²) in [7, 11) is 0. The molecule has 1 aliphatic heterocycles. The molecule has 1 aromatic heterocycles. The number of likely N-dealkylation sites (tertiary alicyclic amines) is 1. The number of carbonyl (C=O) groups excluding carboxylic acids is 2. The average Bonchev–Trinajstić information content (AvgIpc) is 3.28. The molecule has 2 amide bonds. The first-order chi connectivity index (χ1) is 12.7. The highest BCUT2D eigenvalue weighted by molar-refractivity contribution is 6.02. The standard InChI is InChI=1S/C20H20N4O2/c25-18-11-16(13-24(18)10-9-14-5-2-1-3-6-14)20(26)22-17-8-4-7-15-12-21-23-19(15)17/h1-8,12,16H,9-11,13H2,(H,21,23)(H,22,26)/t16-/m1/s1. The zero-order chi connectivity index (χ0) is 17.9. The third kappa shape index (κ3) is 3.31. The molecule has 0 radical (unpaired) electrons. The molecule has 1 saturated heterocycles. The van der Waals surface area contributed by atoms with Gasteiger partial charge in [-0.2, -0.15) is 5.10 Å². The molecule has 0 aliphatic carbocycles. The molecule has 6 heteroatoms. The van der Waals surface area contributed by atoms with E-state index in [1.165, 1.54) is 5.56 Å². The third-order valence-electron chi connectivity index (χ3n) is 4.83. The number of aromatic nitrogens is 2. The van der Waals surface area contributed by atoms with Gasteiger partial charge < -0.3 is 10.2 Å². The fraction of sp³-hybridized carbons (Fsp3) is 0.250. The van der Waals surface area contributed by atoms with Gasteiger partial charge in [-0.15, -0.1) is 0 Å². The lowest BCUT2D eigenvalue weighted by molar-refractivity contribution is -0.128. The molecule has 0 saturated carbocycles. The van der Waals surface area contributed by atoms with Crippen molar-refractivity contribution in [2.45, 2.75) is 12.8 Å². The summed E-state index contributed by atoms with van der Waals surface area (Å²) in [6, 6.07) is 15.7. The van der Waals surface area contributed by atoms with E-state index in [1.54, 1.807) is 11.1 Å². The number of hydrogen-bond donors (Lipinski definition) is 2. The molecule has 2 N–H and O–H groups in total. The average molecular weight is 348 g/mol. The molecule has 132 valence electrons. The van der Waals surface area contributed by atoms with E-state index in [9.17, 15) is 9.59 Å². The van der Waals surface area contributed by atoms with E-state index in [2.05, 4.69) is 27.6 Å². The maximum absolute atomic E-state index is 12.6. The van der Waals surface area contributed by atoms with Gasteiger partial charge in [0.15, 0.2) is 0 Å². The lowest BCUT2D eigenvalue weighted by Crippen LogP contribution is -2.30. The second-order valence-corrected chi connectivity index (χ2v) is 6.61. The maximum Gasteiger partial charge on any atom is 0.229 e. The van der Waals surface area contributed by atoms with E-state index < -0.39 is 0 Å². The molecule has 2 heterocycles. The van der Waals surface area contributed by atoms with Gasteiger partial charge in [-0.3, -0.25) is 14.7 Å². The Morgan fingerprint density at radius 3 is 2.88 bits per heavy atom. The smallest absolute Gasteiger partial charge is 0.229 e. The molecule has 1 aliphatic rings. The van der Waals surface area contributed by atoms with Crippen molar-refractivity contribution in [2.24, 2.45) is 5.92 Å². The van der Waals surface area contributed by atoms with Gasteiger partial charge >= 0.3 is 0 Å². The van der Waals surface area contributed by atoms with Crippen molar-refractivity contribution >= 4 is 28.4 Å². The predicted molar refractivity (Wildman–Crippen MR) is 99.6 cm³/mol. The van der Waals surface area contributed by atoms with Crippen LogP contribution in [0, 0.1) is 5.92 Å². The fourth-order valence-electron chi connectivity index (χ4n) is 3.38. The summed E-state index contributed by atoms with van der Waals surface area (Å²) in [6.45, 7) is 1.11. The highest BCUT2D eigenvalue weighted by atomic mass is 16.2. The molecular weight excluding hydrogens is 328 g/mol. The quantitative estimate of drug-likeness (QED) is 0.744. The molecular formula is C20H20N4O2. The summed E-state index contributed by atoms with van der Waals surface area (Å²) in [5, 5.41) is 10.8. The number of amides is 2. The van der Waals surface area contributed by atoms with Crippen molar-refractivity contribution in [3.63, 3.8) is 0 Å². The van der Waals surface area contributed by atoms with Crippen LogP contribution in [-0.4, -0.2) is 40.0 Å². The number of anilines is 1. The molecule has 0 bridgehead atoms. The number of para-hydroxylation sites is 1. The van der Waals surface area contributed by atoms with E-state index in [0.717, 1.165) is 17.3 Å². The van der Waals surface area contributed by atoms with Gasteiger partial charge in [0.25, 0.3) is 0 Å². The number of rotatable bonds is 5. The van der Waals surface area contributed by atoms with Crippen LogP contribution in [0.1, 0.15) is 12.0 Å². The molecule has 3 aromatic rings. The van der Waals surface area contributed by atoms with Crippen molar-refractivity contribution in [1.82, 2.24) is 15.1 Å². The molecule has 0 unspecified atom stereocenters. The van der Waals surface area contributed by atoms with Crippen LogP contribution in [0.2, 0.25) is 0 Å². The maximum atomic E-state index is 12.6. The van der Waals surface area contributed by atoms with Crippen molar-refractivity contribution < 1.29 is 9.59 Å². The largest absolute Gasteiger partial charge is 0.342 e. The summed E-state index contributed by atoms with van der Waals surface area (Å²) >= 11 is 0. The minimum Gasteiger partial charge on any atom is -0.342 e. The summed E-state index contributed by atoms with van der Waals surface area (Å²) in [4.78, 5) is 26.7. The van der Waals surface area contributed by atoms with Crippen molar-refractivity contribution in [3.05, 3.63) is 60.3 Å². The van der Waals surface area contributed by atoms with Gasteiger partial charge in [-0.1, -0.05) is 42.5 Å². The molecule has 4 rings (SSSR count). The van der Waals surface area contributed by atoms with Crippen LogP contribution in [0.5, 0.6) is 0 Å². The van der Waals surface area contributed by atoms with Gasteiger partial charge in [-0.05, 0) is 18.1 Å². The molecule has 26 heavy (non-hydrogen) atoms. The number of H-pyrrole nitrogens is 1. The van der Waals surface area contributed by atoms with E-state index in [0.29, 0.717) is 18.8 Å². The first-order valence-corrected chi connectivity index (χ1v) is 8.75. The molecule has 6 nitrogen and oxygen atoms in total. The van der Waals surface area contributed by atoms with E-state index in [-0.39, 0.29) is 24.2 Å². The Labute approximate surface area is 151 Å². The highest BCUT2D eigenvalue weighted by Gasteiger charge is 2.34. The number of carbonyl (C=O) groups is 2. The monoisotopic (exact) mass is 348 g/mol. The fourth-order valence-corrected chi connectivity index (χ4v) is 3.38. The molecule has 1 atom stereocenters. The minimum atomic E-state index is -0.323. The van der Waals surface area contributed by atoms with Crippen LogP contribution < -0.4 is 5.32 Å². The Kier molecular flexibility index (Phi) is 4.39. The summed E-state index contributed by atoms with van der Waals surface area (Å²) in [5.41, 5.74) is 2.69. The van der Waals surface area contributed by atoms with Gasteiger partial charge in [-0.25, -0.2) is 0 Å². The van der Waals surface area contributed by atoms with Gasteiger partial charge in [0, 0.05) is 24.9 Å². The zero-order valence-electron chi connectivity index (χ0n) is 14.3. The van der Waals surface area contributed by atoms with E-state index >= 15 is 0 Å². The topological polar surface area (TPSA) is 78.1 Å². The third-order valence-corrected chi connectivity index (χ3v) is 4.83. The zero-order valence-corrected chi connectivity index (χ0v) is 14.3. The molecule has 2 aromatic carbocycles. The number of hydrogen-bond acceptors (Lipinski definition) is 3. The normalized spacial score (nSPS) is 17.0. The Balaban J connectivity index is 1.38.